The van der Waals surface area contributed by atoms with Crippen molar-refractivity contribution in [2.75, 3.05) is 38.2 Å². The Morgan fingerprint density at radius 2 is 1.89 bits per heavy atom. The normalized spacial score (nSPS) is 22.7. The molecule has 144 valence electrons. The summed E-state index contributed by atoms with van der Waals surface area (Å²) in [5.74, 6) is 0.647. The molecule has 0 bridgehead atoms. The predicted octanol–water partition coefficient (Wildman–Crippen LogP) is 1.52. The number of amides is 2. The molecule has 2 amide bonds. The third-order valence-electron chi connectivity index (χ3n) is 5.36. The lowest BCUT2D eigenvalue weighted by atomic mass is 9.86. The van der Waals surface area contributed by atoms with Crippen LogP contribution >= 0.6 is 0 Å². The van der Waals surface area contributed by atoms with Crippen LogP contribution in [0.2, 0.25) is 0 Å². The second-order valence-corrected chi connectivity index (χ2v) is 7.01. The van der Waals surface area contributed by atoms with E-state index < -0.39 is 0 Å². The number of carbonyl (C=O) groups is 2. The highest BCUT2D eigenvalue weighted by atomic mass is 16.5. The molecule has 8 nitrogen and oxygen atoms in total. The molecule has 0 radical (unpaired) electrons. The van der Waals surface area contributed by atoms with Crippen molar-refractivity contribution in [3.05, 3.63) is 23.9 Å². The second-order valence-electron chi connectivity index (χ2n) is 7.01. The molecule has 1 saturated carbocycles. The Labute approximate surface area is 159 Å². The van der Waals surface area contributed by atoms with Gasteiger partial charge in [0.15, 0.2) is 0 Å². The molecule has 2 heterocycles. The van der Waals surface area contributed by atoms with Crippen molar-refractivity contribution < 1.29 is 14.3 Å². The van der Waals surface area contributed by atoms with Crippen molar-refractivity contribution in [2.24, 2.45) is 5.92 Å². The summed E-state index contributed by atoms with van der Waals surface area (Å²) in [6.45, 7) is 2.68. The summed E-state index contributed by atoms with van der Waals surface area (Å²) in [4.78, 5) is 32.4. The Morgan fingerprint density at radius 1 is 1.19 bits per heavy atom. The highest BCUT2D eigenvalue weighted by Gasteiger charge is 2.29. The van der Waals surface area contributed by atoms with Crippen molar-refractivity contribution in [1.29, 1.82) is 5.26 Å². The quantitative estimate of drug-likeness (QED) is 0.809. The average Bonchev–Trinajstić information content (AvgIpc) is 2.74. The largest absolute Gasteiger partial charge is 0.469 e. The molecule has 1 aliphatic heterocycles. The first-order valence-corrected chi connectivity index (χ1v) is 9.35. The maximum absolute atomic E-state index is 12.5. The van der Waals surface area contributed by atoms with E-state index in [1.54, 1.807) is 12.3 Å². The molecule has 1 saturated heterocycles. The zero-order valence-electron chi connectivity index (χ0n) is 15.6. The fourth-order valence-electron chi connectivity index (χ4n) is 3.68. The summed E-state index contributed by atoms with van der Waals surface area (Å²) in [5.41, 5.74) is 0.540. The van der Waals surface area contributed by atoms with E-state index in [0.717, 1.165) is 31.5 Å². The molecule has 8 heteroatoms. The lowest BCUT2D eigenvalue weighted by molar-refractivity contribution is -0.146. The average molecular weight is 371 g/mol. The van der Waals surface area contributed by atoms with Crippen molar-refractivity contribution in [3.8, 4) is 6.07 Å². The SMILES string of the molecule is COC(=O)C1CCC(NC(=O)N2CCN(c3ccc(C#N)cn3)CC2)CC1. The number of hydrogen-bond donors (Lipinski definition) is 1. The van der Waals surface area contributed by atoms with Gasteiger partial charge in [-0.3, -0.25) is 4.79 Å². The minimum absolute atomic E-state index is 0.0355. The number of anilines is 1. The van der Waals surface area contributed by atoms with Crippen LogP contribution < -0.4 is 10.2 Å². The van der Waals surface area contributed by atoms with Crippen molar-refractivity contribution in [2.45, 2.75) is 31.7 Å². The molecule has 2 fully saturated rings. The van der Waals surface area contributed by atoms with Gasteiger partial charge in [-0.15, -0.1) is 0 Å². The number of nitrogens with zero attached hydrogens (tertiary/aromatic N) is 4. The summed E-state index contributed by atoms with van der Waals surface area (Å²) in [6.07, 6.45) is 4.70. The van der Waals surface area contributed by atoms with Crippen LogP contribution in [0.3, 0.4) is 0 Å². The second kappa shape index (κ2) is 8.71. The lowest BCUT2D eigenvalue weighted by Gasteiger charge is -2.36. The van der Waals surface area contributed by atoms with Crippen LogP contribution in [0.15, 0.2) is 18.3 Å². The number of carbonyl (C=O) groups excluding carboxylic acids is 2. The lowest BCUT2D eigenvalue weighted by Crippen LogP contribution is -2.54. The first-order valence-electron chi connectivity index (χ1n) is 9.35. The standard InChI is InChI=1S/C19H25N5O3/c1-27-18(25)15-3-5-16(6-4-15)22-19(26)24-10-8-23(9-11-24)17-7-2-14(12-20)13-21-17/h2,7,13,15-16H,3-6,8-11H2,1H3,(H,22,26). The van der Waals surface area contributed by atoms with Gasteiger partial charge in [0.25, 0.3) is 0 Å². The van der Waals surface area contributed by atoms with Crippen LogP contribution in [-0.2, 0) is 9.53 Å². The number of rotatable bonds is 3. The summed E-state index contributed by atoms with van der Waals surface area (Å²) in [6, 6.07) is 5.74. The molecular weight excluding hydrogens is 346 g/mol. The Balaban J connectivity index is 1.43. The van der Waals surface area contributed by atoms with E-state index in [2.05, 4.69) is 21.3 Å². The molecule has 1 aromatic heterocycles. The van der Waals surface area contributed by atoms with Gasteiger partial charge in [0.2, 0.25) is 0 Å². The van der Waals surface area contributed by atoms with Crippen LogP contribution in [0.25, 0.3) is 0 Å². The Hall–Kier alpha value is -2.82. The number of hydrogen-bond acceptors (Lipinski definition) is 6. The van der Waals surface area contributed by atoms with Crippen LogP contribution in [0, 0.1) is 17.2 Å². The monoisotopic (exact) mass is 371 g/mol. The van der Waals surface area contributed by atoms with Gasteiger partial charge in [-0.05, 0) is 37.8 Å². The molecule has 1 N–H and O–H groups in total. The molecule has 1 aromatic rings. The number of piperazine rings is 1. The number of ether oxygens (including phenoxy) is 1. The predicted molar refractivity (Wildman–Crippen MR) is 99.0 cm³/mol. The highest BCUT2D eigenvalue weighted by molar-refractivity contribution is 5.75. The van der Waals surface area contributed by atoms with E-state index in [1.807, 2.05) is 11.0 Å². The van der Waals surface area contributed by atoms with E-state index in [0.29, 0.717) is 31.7 Å². The van der Waals surface area contributed by atoms with Gasteiger partial charge in [0.1, 0.15) is 11.9 Å². The van der Waals surface area contributed by atoms with Gasteiger partial charge in [0.05, 0.1) is 18.6 Å². The smallest absolute Gasteiger partial charge is 0.317 e. The third kappa shape index (κ3) is 4.67. The minimum Gasteiger partial charge on any atom is -0.469 e. The Bertz CT molecular complexity index is 699. The van der Waals surface area contributed by atoms with E-state index in [4.69, 9.17) is 10.00 Å². The van der Waals surface area contributed by atoms with E-state index >= 15 is 0 Å². The molecular formula is C19H25N5O3. The number of urea groups is 1. The van der Waals surface area contributed by atoms with Gasteiger partial charge in [-0.25, -0.2) is 9.78 Å². The molecule has 0 spiro atoms. The maximum Gasteiger partial charge on any atom is 0.317 e. The number of pyridine rings is 1. The number of aromatic nitrogens is 1. The minimum atomic E-state index is -0.146. The van der Waals surface area contributed by atoms with Gasteiger partial charge in [-0.2, -0.15) is 5.26 Å². The van der Waals surface area contributed by atoms with Gasteiger partial charge >= 0.3 is 12.0 Å². The van der Waals surface area contributed by atoms with Gasteiger partial charge in [0, 0.05) is 38.4 Å². The van der Waals surface area contributed by atoms with Crippen LogP contribution in [0.5, 0.6) is 0 Å². The summed E-state index contributed by atoms with van der Waals surface area (Å²) in [7, 11) is 1.42. The number of methoxy groups -OCH3 is 1. The van der Waals surface area contributed by atoms with Crippen molar-refractivity contribution in [1.82, 2.24) is 15.2 Å². The van der Waals surface area contributed by atoms with Crippen LogP contribution in [0.1, 0.15) is 31.2 Å². The molecule has 27 heavy (non-hydrogen) atoms. The molecule has 0 aromatic carbocycles. The van der Waals surface area contributed by atoms with E-state index in [-0.39, 0.29) is 24.0 Å². The number of nitrogens with one attached hydrogen (secondary N) is 1. The van der Waals surface area contributed by atoms with E-state index in [1.165, 1.54) is 7.11 Å². The zero-order valence-corrected chi connectivity index (χ0v) is 15.6. The number of esters is 1. The fraction of sp³-hybridized carbons (Fsp3) is 0.579. The maximum atomic E-state index is 12.5. The topological polar surface area (TPSA) is 98.6 Å². The van der Waals surface area contributed by atoms with Gasteiger partial charge < -0.3 is 19.9 Å². The summed E-state index contributed by atoms with van der Waals surface area (Å²) < 4.78 is 4.80. The fourth-order valence-corrected chi connectivity index (χ4v) is 3.68. The van der Waals surface area contributed by atoms with Crippen LogP contribution in [-0.4, -0.2) is 61.2 Å². The Morgan fingerprint density at radius 3 is 2.44 bits per heavy atom. The first-order chi connectivity index (χ1) is 13.1. The van der Waals surface area contributed by atoms with Crippen molar-refractivity contribution in [3.63, 3.8) is 0 Å². The molecule has 2 aliphatic rings. The van der Waals surface area contributed by atoms with Gasteiger partial charge in [-0.1, -0.05) is 0 Å². The van der Waals surface area contributed by atoms with Crippen LogP contribution in [0.4, 0.5) is 10.6 Å². The van der Waals surface area contributed by atoms with Crippen molar-refractivity contribution >= 4 is 17.8 Å². The number of nitriles is 1. The Kier molecular flexibility index (Phi) is 6.12. The highest BCUT2D eigenvalue weighted by Crippen LogP contribution is 2.25. The molecule has 0 atom stereocenters. The molecule has 0 unspecified atom stereocenters. The molecule has 1 aliphatic carbocycles. The van der Waals surface area contributed by atoms with E-state index in [9.17, 15) is 9.59 Å². The third-order valence-corrected chi connectivity index (χ3v) is 5.36. The molecule has 3 rings (SSSR count). The summed E-state index contributed by atoms with van der Waals surface area (Å²) >= 11 is 0. The summed E-state index contributed by atoms with van der Waals surface area (Å²) in [5, 5.41) is 11.9. The first kappa shape index (κ1) is 19.0. The zero-order chi connectivity index (χ0) is 19.2.